The summed E-state index contributed by atoms with van der Waals surface area (Å²) >= 11 is 5.36. The standard InChI is InChI=1S/C20H20FN3O2S/c1-12-17(19(25)22-15-9-4-5-10-16(15)26-3)18(23-20(27)24(12)2)13-7-6-8-14(21)11-13/h4-11,18H,1-3H3,(H,22,25)(H,23,27)/t18-/m0/s1. The van der Waals surface area contributed by atoms with Crippen molar-refractivity contribution < 1.29 is 13.9 Å². The third-order valence-electron chi connectivity index (χ3n) is 4.54. The molecule has 0 saturated heterocycles. The number of anilines is 1. The maximum atomic E-state index is 13.8. The van der Waals surface area contributed by atoms with Crippen molar-refractivity contribution in [1.82, 2.24) is 10.2 Å². The predicted molar refractivity (Wildman–Crippen MR) is 107 cm³/mol. The average Bonchev–Trinajstić information content (AvgIpc) is 2.66. The van der Waals surface area contributed by atoms with Crippen LogP contribution < -0.4 is 15.4 Å². The molecule has 2 aromatic rings. The third kappa shape index (κ3) is 3.78. The summed E-state index contributed by atoms with van der Waals surface area (Å²) in [6.07, 6.45) is 0. The molecule has 0 unspecified atom stereocenters. The number of methoxy groups -OCH3 is 1. The molecule has 0 saturated carbocycles. The van der Waals surface area contributed by atoms with Crippen LogP contribution in [0.4, 0.5) is 10.1 Å². The quantitative estimate of drug-likeness (QED) is 0.788. The van der Waals surface area contributed by atoms with Gasteiger partial charge in [-0.05, 0) is 49.0 Å². The van der Waals surface area contributed by atoms with Gasteiger partial charge in [-0.3, -0.25) is 4.79 Å². The van der Waals surface area contributed by atoms with Crippen LogP contribution in [0.5, 0.6) is 5.75 Å². The number of carbonyl (C=O) groups excluding carboxylic acids is 1. The summed E-state index contributed by atoms with van der Waals surface area (Å²) in [6, 6.07) is 12.7. The van der Waals surface area contributed by atoms with Crippen LogP contribution in [0.1, 0.15) is 18.5 Å². The summed E-state index contributed by atoms with van der Waals surface area (Å²) in [5.41, 5.74) is 2.33. The topological polar surface area (TPSA) is 53.6 Å². The number of nitrogens with one attached hydrogen (secondary N) is 2. The first-order valence-corrected chi connectivity index (χ1v) is 8.78. The molecule has 0 radical (unpaired) electrons. The van der Waals surface area contributed by atoms with Crippen molar-refractivity contribution in [3.63, 3.8) is 0 Å². The van der Waals surface area contributed by atoms with Gasteiger partial charge in [0, 0.05) is 12.7 Å². The first-order valence-electron chi connectivity index (χ1n) is 8.37. The second-order valence-electron chi connectivity index (χ2n) is 6.15. The number of amides is 1. The van der Waals surface area contributed by atoms with Gasteiger partial charge >= 0.3 is 0 Å². The average molecular weight is 385 g/mol. The monoisotopic (exact) mass is 385 g/mol. The lowest BCUT2D eigenvalue weighted by atomic mass is 9.94. The number of para-hydroxylation sites is 2. The lowest BCUT2D eigenvalue weighted by Gasteiger charge is -2.35. The minimum absolute atomic E-state index is 0.312. The maximum absolute atomic E-state index is 13.8. The van der Waals surface area contributed by atoms with Crippen molar-refractivity contribution in [1.29, 1.82) is 0 Å². The minimum Gasteiger partial charge on any atom is -0.495 e. The number of ether oxygens (including phenoxy) is 1. The zero-order chi connectivity index (χ0) is 19.6. The van der Waals surface area contributed by atoms with E-state index in [1.54, 1.807) is 43.3 Å². The molecule has 140 valence electrons. The Bertz CT molecular complexity index is 929. The first kappa shape index (κ1) is 18.8. The number of rotatable bonds is 4. The molecule has 0 aromatic heterocycles. The molecule has 7 heteroatoms. The highest BCUT2D eigenvalue weighted by molar-refractivity contribution is 7.80. The smallest absolute Gasteiger partial charge is 0.255 e. The van der Waals surface area contributed by atoms with Gasteiger partial charge in [0.2, 0.25) is 0 Å². The summed E-state index contributed by atoms with van der Waals surface area (Å²) in [5.74, 6) is -0.131. The van der Waals surface area contributed by atoms with Crippen LogP contribution in [0.25, 0.3) is 0 Å². The van der Waals surface area contributed by atoms with Gasteiger partial charge < -0.3 is 20.3 Å². The molecule has 0 aliphatic carbocycles. The molecule has 27 heavy (non-hydrogen) atoms. The van der Waals surface area contributed by atoms with Crippen molar-refractivity contribution >= 4 is 28.9 Å². The fourth-order valence-electron chi connectivity index (χ4n) is 3.00. The van der Waals surface area contributed by atoms with Gasteiger partial charge in [0.1, 0.15) is 11.6 Å². The van der Waals surface area contributed by atoms with E-state index in [2.05, 4.69) is 10.6 Å². The summed E-state index contributed by atoms with van der Waals surface area (Å²) in [7, 11) is 3.32. The molecule has 2 N–H and O–H groups in total. The first-order chi connectivity index (χ1) is 12.9. The molecular weight excluding hydrogens is 365 g/mol. The van der Waals surface area contributed by atoms with Crippen molar-refractivity contribution in [3.8, 4) is 5.75 Å². The minimum atomic E-state index is -0.556. The van der Waals surface area contributed by atoms with Gasteiger partial charge in [0.05, 0.1) is 24.4 Å². The number of thiocarbonyl (C=S) groups is 1. The van der Waals surface area contributed by atoms with Crippen LogP contribution in [-0.2, 0) is 4.79 Å². The number of nitrogens with zero attached hydrogens (tertiary/aromatic N) is 1. The van der Waals surface area contributed by atoms with Gasteiger partial charge in [-0.2, -0.15) is 0 Å². The van der Waals surface area contributed by atoms with Crippen LogP contribution in [0.15, 0.2) is 59.8 Å². The molecular formula is C20H20FN3O2S. The number of benzene rings is 2. The SMILES string of the molecule is COc1ccccc1NC(=O)C1=C(C)N(C)C(=S)N[C@H]1c1cccc(F)c1. The summed E-state index contributed by atoms with van der Waals surface area (Å²) in [4.78, 5) is 14.9. The summed E-state index contributed by atoms with van der Waals surface area (Å²) < 4.78 is 19.1. The number of allylic oxidation sites excluding steroid dienone is 1. The van der Waals surface area contributed by atoms with Crippen LogP contribution in [0, 0.1) is 5.82 Å². The van der Waals surface area contributed by atoms with Gasteiger partial charge in [0.15, 0.2) is 5.11 Å². The van der Waals surface area contributed by atoms with E-state index in [1.165, 1.54) is 12.1 Å². The van der Waals surface area contributed by atoms with Crippen molar-refractivity contribution in [2.24, 2.45) is 0 Å². The lowest BCUT2D eigenvalue weighted by Crippen LogP contribution is -2.46. The van der Waals surface area contributed by atoms with E-state index >= 15 is 0 Å². The Labute approximate surface area is 162 Å². The number of carbonyl (C=O) groups is 1. The van der Waals surface area contributed by atoms with E-state index < -0.39 is 6.04 Å². The normalized spacial score (nSPS) is 16.8. The van der Waals surface area contributed by atoms with E-state index in [1.807, 2.05) is 19.1 Å². The number of halogens is 1. The molecule has 2 aromatic carbocycles. The fourth-order valence-corrected chi connectivity index (χ4v) is 3.26. The Hall–Kier alpha value is -2.93. The molecule has 0 bridgehead atoms. The Morgan fingerprint density at radius 2 is 2.00 bits per heavy atom. The van der Waals surface area contributed by atoms with Crippen LogP contribution in [0.2, 0.25) is 0 Å². The molecule has 1 aliphatic heterocycles. The zero-order valence-corrected chi connectivity index (χ0v) is 16.1. The van der Waals surface area contributed by atoms with Gasteiger partial charge in [0.25, 0.3) is 5.91 Å². The molecule has 0 spiro atoms. The number of hydrogen-bond donors (Lipinski definition) is 2. The highest BCUT2D eigenvalue weighted by Crippen LogP contribution is 2.32. The Balaban J connectivity index is 2.02. The second kappa shape index (κ2) is 7.75. The highest BCUT2D eigenvalue weighted by Gasteiger charge is 2.32. The Morgan fingerprint density at radius 1 is 1.26 bits per heavy atom. The second-order valence-corrected chi connectivity index (χ2v) is 6.54. The molecule has 0 fully saturated rings. The van der Waals surface area contributed by atoms with E-state index in [9.17, 15) is 9.18 Å². The number of hydrogen-bond acceptors (Lipinski definition) is 3. The van der Waals surface area contributed by atoms with E-state index in [4.69, 9.17) is 17.0 Å². The van der Waals surface area contributed by atoms with Gasteiger partial charge in [-0.25, -0.2) is 4.39 Å². The van der Waals surface area contributed by atoms with Gasteiger partial charge in [-0.15, -0.1) is 0 Å². The lowest BCUT2D eigenvalue weighted by molar-refractivity contribution is -0.113. The molecule has 5 nitrogen and oxygen atoms in total. The molecule has 1 amide bonds. The molecule has 1 aliphatic rings. The fraction of sp³-hybridized carbons (Fsp3) is 0.200. The van der Waals surface area contributed by atoms with E-state index in [0.29, 0.717) is 33.4 Å². The van der Waals surface area contributed by atoms with E-state index in [0.717, 1.165) is 0 Å². The van der Waals surface area contributed by atoms with Gasteiger partial charge in [-0.1, -0.05) is 24.3 Å². The van der Waals surface area contributed by atoms with Crippen molar-refractivity contribution in [3.05, 3.63) is 71.2 Å². The van der Waals surface area contributed by atoms with Crippen LogP contribution >= 0.6 is 12.2 Å². The Morgan fingerprint density at radius 3 is 2.70 bits per heavy atom. The van der Waals surface area contributed by atoms with E-state index in [-0.39, 0.29) is 11.7 Å². The molecule has 1 heterocycles. The zero-order valence-electron chi connectivity index (χ0n) is 15.2. The van der Waals surface area contributed by atoms with Crippen LogP contribution in [0.3, 0.4) is 0 Å². The summed E-state index contributed by atoms with van der Waals surface area (Å²) in [5, 5.41) is 6.48. The van der Waals surface area contributed by atoms with Crippen LogP contribution in [-0.4, -0.2) is 30.1 Å². The Kier molecular flexibility index (Phi) is 5.41. The molecule has 1 atom stereocenters. The predicted octanol–water partition coefficient (Wildman–Crippen LogP) is 3.61. The van der Waals surface area contributed by atoms with Crippen molar-refractivity contribution in [2.75, 3.05) is 19.5 Å². The third-order valence-corrected chi connectivity index (χ3v) is 4.93. The highest BCUT2D eigenvalue weighted by atomic mass is 32.1. The van der Waals surface area contributed by atoms with Crippen molar-refractivity contribution in [2.45, 2.75) is 13.0 Å². The largest absolute Gasteiger partial charge is 0.495 e. The maximum Gasteiger partial charge on any atom is 0.255 e. The molecule has 3 rings (SSSR count). The summed E-state index contributed by atoms with van der Waals surface area (Å²) in [6.45, 7) is 1.82.